The summed E-state index contributed by atoms with van der Waals surface area (Å²) in [5.41, 5.74) is 0.713. The number of quaternary nitrogens is 1. The number of rotatable bonds is 7. The van der Waals surface area contributed by atoms with E-state index in [1.165, 1.54) is 21.3 Å². The molecule has 10 heteroatoms. The van der Waals surface area contributed by atoms with Crippen LogP contribution < -0.4 is 15.0 Å². The molecule has 0 unspecified atom stereocenters. The summed E-state index contributed by atoms with van der Waals surface area (Å²) >= 11 is 12.0. The molecule has 1 aliphatic rings. The highest BCUT2D eigenvalue weighted by atomic mass is 35.5. The quantitative estimate of drug-likeness (QED) is 0.644. The third-order valence-electron chi connectivity index (χ3n) is 5.02. The maximum absolute atomic E-state index is 12.9. The highest BCUT2D eigenvalue weighted by molar-refractivity contribution is 7.89. The molecule has 0 radical (unpaired) electrons. The molecule has 7 nitrogen and oxygen atoms in total. The average molecular weight is 473 g/mol. The number of carbonyl (C=O) groups is 1. The van der Waals surface area contributed by atoms with Crippen molar-refractivity contribution >= 4 is 44.8 Å². The number of sulfonamides is 1. The molecule has 2 aromatic carbocycles. The first-order valence-corrected chi connectivity index (χ1v) is 11.7. The Morgan fingerprint density at radius 1 is 1.13 bits per heavy atom. The Labute approximate surface area is 186 Å². The van der Waals surface area contributed by atoms with Gasteiger partial charge in [-0.1, -0.05) is 23.2 Å². The van der Waals surface area contributed by atoms with Gasteiger partial charge in [-0.3, -0.25) is 4.79 Å². The first kappa shape index (κ1) is 22.8. The van der Waals surface area contributed by atoms with E-state index in [9.17, 15) is 13.2 Å². The van der Waals surface area contributed by atoms with Crippen LogP contribution in [0.15, 0.2) is 47.4 Å². The number of nitrogens with zero attached hydrogens (tertiary/aromatic N) is 1. The third kappa shape index (κ3) is 5.65. The van der Waals surface area contributed by atoms with Gasteiger partial charge in [0, 0.05) is 10.7 Å². The fraction of sp³-hybridized carbons (Fsp3) is 0.350. The smallest absolute Gasteiger partial charge is 0.245 e. The number of anilines is 1. The van der Waals surface area contributed by atoms with E-state index in [1.54, 1.807) is 37.4 Å². The molecule has 0 atom stereocenters. The molecule has 30 heavy (non-hydrogen) atoms. The van der Waals surface area contributed by atoms with Crippen LogP contribution in [0.2, 0.25) is 10.0 Å². The topological polar surface area (TPSA) is 80.2 Å². The molecule has 1 saturated heterocycles. The minimum Gasteiger partial charge on any atom is -0.497 e. The number of carbonyl (C=O) groups excluding carboxylic acids is 1. The second kappa shape index (κ2) is 9.98. The van der Waals surface area contributed by atoms with Gasteiger partial charge >= 0.3 is 0 Å². The van der Waals surface area contributed by atoms with Crippen molar-refractivity contribution in [3.8, 4) is 5.75 Å². The molecule has 0 spiro atoms. The van der Waals surface area contributed by atoms with Crippen LogP contribution in [0.25, 0.3) is 0 Å². The first-order chi connectivity index (χ1) is 14.3. The van der Waals surface area contributed by atoms with Crippen molar-refractivity contribution in [1.29, 1.82) is 0 Å². The minimum atomic E-state index is -3.70. The second-order valence-corrected chi connectivity index (χ2v) is 9.76. The molecular formula is C20H24Cl2N3O4S+. The SMILES string of the molecule is COc1ccc(NC(=O)CC[NH+]2CCN(S(=O)(=O)c3cc(Cl)ccc3Cl)CC2)cc1. The van der Waals surface area contributed by atoms with Crippen LogP contribution in [-0.4, -0.2) is 58.5 Å². The number of hydrogen-bond acceptors (Lipinski definition) is 4. The maximum atomic E-state index is 12.9. The van der Waals surface area contributed by atoms with Crippen LogP contribution in [0.3, 0.4) is 0 Å². The van der Waals surface area contributed by atoms with Gasteiger partial charge in [0.1, 0.15) is 10.6 Å². The molecule has 1 aliphatic heterocycles. The highest BCUT2D eigenvalue weighted by Crippen LogP contribution is 2.27. The first-order valence-electron chi connectivity index (χ1n) is 9.52. The van der Waals surface area contributed by atoms with Gasteiger partial charge in [0.25, 0.3) is 0 Å². The predicted octanol–water partition coefficient (Wildman–Crippen LogP) is 1.92. The van der Waals surface area contributed by atoms with E-state index in [0.717, 1.165) is 5.75 Å². The average Bonchev–Trinajstić information content (AvgIpc) is 2.74. The molecule has 1 amide bonds. The Morgan fingerprint density at radius 2 is 1.80 bits per heavy atom. The Morgan fingerprint density at radius 3 is 2.43 bits per heavy atom. The van der Waals surface area contributed by atoms with Crippen LogP contribution >= 0.6 is 23.2 Å². The van der Waals surface area contributed by atoms with Gasteiger partial charge in [-0.05, 0) is 42.5 Å². The number of benzene rings is 2. The van der Waals surface area contributed by atoms with Gasteiger partial charge in [0.15, 0.2) is 0 Å². The maximum Gasteiger partial charge on any atom is 0.245 e. The highest BCUT2D eigenvalue weighted by Gasteiger charge is 2.32. The molecule has 3 rings (SSSR count). The molecule has 0 saturated carbocycles. The van der Waals surface area contributed by atoms with E-state index < -0.39 is 10.0 Å². The molecule has 0 aliphatic carbocycles. The summed E-state index contributed by atoms with van der Waals surface area (Å²) in [6, 6.07) is 11.6. The van der Waals surface area contributed by atoms with Crippen molar-refractivity contribution < 1.29 is 22.8 Å². The van der Waals surface area contributed by atoms with Crippen LogP contribution in [-0.2, 0) is 14.8 Å². The van der Waals surface area contributed by atoms with E-state index in [1.807, 2.05) is 0 Å². The van der Waals surface area contributed by atoms with E-state index in [2.05, 4.69) is 5.32 Å². The zero-order valence-electron chi connectivity index (χ0n) is 16.5. The van der Waals surface area contributed by atoms with Gasteiger partial charge in [-0.2, -0.15) is 4.31 Å². The van der Waals surface area contributed by atoms with Crippen molar-refractivity contribution in [1.82, 2.24) is 4.31 Å². The van der Waals surface area contributed by atoms with Crippen LogP contribution in [0.4, 0.5) is 5.69 Å². The summed E-state index contributed by atoms with van der Waals surface area (Å²) in [6.07, 6.45) is 0.355. The molecule has 1 heterocycles. The third-order valence-corrected chi connectivity index (χ3v) is 7.64. The number of hydrogen-bond donors (Lipinski definition) is 2. The van der Waals surface area contributed by atoms with Gasteiger partial charge in [0.05, 0.1) is 51.3 Å². The number of methoxy groups -OCH3 is 1. The Bertz CT molecular complexity index is 992. The number of amides is 1. The molecule has 0 bridgehead atoms. The van der Waals surface area contributed by atoms with Gasteiger partial charge in [-0.25, -0.2) is 8.42 Å². The lowest BCUT2D eigenvalue weighted by atomic mass is 10.2. The van der Waals surface area contributed by atoms with Crippen molar-refractivity contribution in [2.24, 2.45) is 0 Å². The van der Waals surface area contributed by atoms with Crippen molar-refractivity contribution in [2.45, 2.75) is 11.3 Å². The van der Waals surface area contributed by atoms with Crippen LogP contribution in [0.5, 0.6) is 5.75 Å². The molecular weight excluding hydrogens is 449 g/mol. The summed E-state index contributed by atoms with van der Waals surface area (Å²) in [5.74, 6) is 0.651. The lowest BCUT2D eigenvalue weighted by Gasteiger charge is -2.31. The van der Waals surface area contributed by atoms with Gasteiger partial charge < -0.3 is 15.0 Å². The summed E-state index contributed by atoms with van der Waals surface area (Å²) in [6.45, 7) is 2.59. The van der Waals surface area contributed by atoms with Crippen LogP contribution in [0.1, 0.15) is 6.42 Å². The van der Waals surface area contributed by atoms with Gasteiger partial charge in [0.2, 0.25) is 15.9 Å². The summed E-state index contributed by atoms with van der Waals surface area (Å²) in [4.78, 5) is 13.4. The largest absolute Gasteiger partial charge is 0.497 e. The summed E-state index contributed by atoms with van der Waals surface area (Å²) in [5, 5.41) is 3.34. The lowest BCUT2D eigenvalue weighted by molar-refractivity contribution is -0.903. The van der Waals surface area contributed by atoms with Crippen molar-refractivity contribution in [2.75, 3.05) is 45.2 Å². The minimum absolute atomic E-state index is 0.0268. The molecule has 2 N–H and O–H groups in total. The Hall–Kier alpha value is -1.84. The standard InChI is InChI=1S/C20H23Cl2N3O4S/c1-29-17-5-3-16(4-6-17)23-20(26)8-9-24-10-12-25(13-11-24)30(27,28)19-14-15(21)2-7-18(19)22/h2-7,14H,8-13H2,1H3,(H,23,26)/p+1. The van der Waals surface area contributed by atoms with E-state index in [4.69, 9.17) is 27.9 Å². The lowest BCUT2D eigenvalue weighted by Crippen LogP contribution is -3.14. The number of halogens is 2. The number of ether oxygens (including phenoxy) is 1. The molecule has 162 valence electrons. The fourth-order valence-electron chi connectivity index (χ4n) is 3.29. The summed E-state index contributed by atoms with van der Waals surface area (Å²) in [7, 11) is -2.11. The fourth-order valence-corrected chi connectivity index (χ4v) is 5.47. The van der Waals surface area contributed by atoms with Crippen LogP contribution in [0, 0.1) is 0 Å². The normalized spacial score (nSPS) is 15.7. The predicted molar refractivity (Wildman–Crippen MR) is 117 cm³/mol. The summed E-state index contributed by atoms with van der Waals surface area (Å²) < 4.78 is 32.3. The second-order valence-electron chi connectivity index (χ2n) is 7.01. The van der Waals surface area contributed by atoms with E-state index in [0.29, 0.717) is 49.9 Å². The van der Waals surface area contributed by atoms with E-state index >= 15 is 0 Å². The molecule has 2 aromatic rings. The number of nitrogens with one attached hydrogen (secondary N) is 2. The zero-order valence-corrected chi connectivity index (χ0v) is 18.9. The van der Waals surface area contributed by atoms with Crippen molar-refractivity contribution in [3.05, 3.63) is 52.5 Å². The van der Waals surface area contributed by atoms with Gasteiger partial charge in [-0.15, -0.1) is 0 Å². The Kier molecular flexibility index (Phi) is 7.60. The Balaban J connectivity index is 1.49. The molecule has 1 fully saturated rings. The molecule has 0 aromatic heterocycles. The zero-order chi connectivity index (χ0) is 21.7. The monoisotopic (exact) mass is 472 g/mol. The van der Waals surface area contributed by atoms with Crippen molar-refractivity contribution in [3.63, 3.8) is 0 Å². The van der Waals surface area contributed by atoms with E-state index in [-0.39, 0.29) is 15.8 Å². The number of piperazine rings is 1.